The van der Waals surface area contributed by atoms with Gasteiger partial charge in [-0.15, -0.1) is 0 Å². The number of hydrazone groups is 1. The van der Waals surface area contributed by atoms with Crippen molar-refractivity contribution in [3.05, 3.63) is 82.4 Å². The second-order valence-electron chi connectivity index (χ2n) is 5.29. The van der Waals surface area contributed by atoms with Crippen LogP contribution in [0.3, 0.4) is 0 Å². The minimum Gasteiger partial charge on any atom is -0.496 e. The molecule has 7 heteroatoms. The summed E-state index contributed by atoms with van der Waals surface area (Å²) < 4.78 is 5.21. The monoisotopic (exact) mass is 348 g/mol. The van der Waals surface area contributed by atoms with Gasteiger partial charge in [0.1, 0.15) is 11.4 Å². The van der Waals surface area contributed by atoms with Gasteiger partial charge in [-0.05, 0) is 18.2 Å². The lowest BCUT2D eigenvalue weighted by Gasteiger charge is -2.04. The third-order valence-corrected chi connectivity index (χ3v) is 3.57. The summed E-state index contributed by atoms with van der Waals surface area (Å²) in [7, 11) is 1.55. The predicted molar refractivity (Wildman–Crippen MR) is 98.3 cm³/mol. The number of carbonyl (C=O) groups is 1. The molecule has 0 spiro atoms. The number of nitrogens with one attached hydrogen (secondary N) is 2. The summed E-state index contributed by atoms with van der Waals surface area (Å²) in [5, 5.41) is 3.91. The molecule has 3 aromatic rings. The van der Waals surface area contributed by atoms with E-state index >= 15 is 0 Å². The van der Waals surface area contributed by atoms with E-state index in [1.165, 1.54) is 12.3 Å². The number of aromatic amines is 1. The van der Waals surface area contributed by atoms with Crippen LogP contribution < -0.4 is 15.9 Å². The highest BCUT2D eigenvalue weighted by molar-refractivity contribution is 5.94. The van der Waals surface area contributed by atoms with Crippen LogP contribution in [0.1, 0.15) is 16.1 Å². The fraction of sp³-hybridized carbons (Fsp3) is 0.0526. The zero-order valence-electron chi connectivity index (χ0n) is 14.0. The third kappa shape index (κ3) is 4.02. The van der Waals surface area contributed by atoms with Gasteiger partial charge in [0.25, 0.3) is 5.91 Å². The van der Waals surface area contributed by atoms with Crippen LogP contribution in [0, 0.1) is 0 Å². The SMILES string of the molecule is COc1ccccc1/C=N/NC(=O)c1cc(-c2ccccc2)nc(=O)[nH]1. The largest absolute Gasteiger partial charge is 0.496 e. The molecule has 26 heavy (non-hydrogen) atoms. The Morgan fingerprint density at radius 2 is 1.88 bits per heavy atom. The number of para-hydroxylation sites is 1. The Morgan fingerprint density at radius 3 is 2.65 bits per heavy atom. The van der Waals surface area contributed by atoms with Gasteiger partial charge in [-0.3, -0.25) is 4.79 Å². The summed E-state index contributed by atoms with van der Waals surface area (Å²) in [5.74, 6) is 0.0852. The van der Waals surface area contributed by atoms with Crippen LogP contribution in [-0.2, 0) is 0 Å². The third-order valence-electron chi connectivity index (χ3n) is 3.57. The molecule has 0 saturated carbocycles. The maximum Gasteiger partial charge on any atom is 0.346 e. The molecule has 0 aliphatic rings. The molecule has 0 atom stereocenters. The van der Waals surface area contributed by atoms with Gasteiger partial charge in [-0.1, -0.05) is 42.5 Å². The van der Waals surface area contributed by atoms with Crippen LogP contribution in [0.5, 0.6) is 5.75 Å². The van der Waals surface area contributed by atoms with Crippen LogP contribution in [0.15, 0.2) is 70.6 Å². The molecule has 1 aromatic heterocycles. The van der Waals surface area contributed by atoms with E-state index < -0.39 is 11.6 Å². The summed E-state index contributed by atoms with van der Waals surface area (Å²) in [6, 6.07) is 17.9. The van der Waals surface area contributed by atoms with Gasteiger partial charge in [0.2, 0.25) is 0 Å². The maximum absolute atomic E-state index is 12.3. The second-order valence-corrected chi connectivity index (χ2v) is 5.29. The van der Waals surface area contributed by atoms with Crippen molar-refractivity contribution in [1.82, 2.24) is 15.4 Å². The zero-order valence-corrected chi connectivity index (χ0v) is 14.0. The topological polar surface area (TPSA) is 96.4 Å². The molecule has 2 aromatic carbocycles. The molecule has 0 saturated heterocycles. The molecule has 0 aliphatic carbocycles. The summed E-state index contributed by atoms with van der Waals surface area (Å²) >= 11 is 0. The molecule has 0 fully saturated rings. The van der Waals surface area contributed by atoms with Crippen LogP contribution in [0.4, 0.5) is 0 Å². The van der Waals surface area contributed by atoms with Crippen LogP contribution in [0.25, 0.3) is 11.3 Å². The van der Waals surface area contributed by atoms with E-state index in [0.29, 0.717) is 17.0 Å². The second kappa shape index (κ2) is 7.89. The first kappa shape index (κ1) is 17.1. The molecule has 1 heterocycles. The number of amides is 1. The standard InChI is InChI=1S/C19H16N4O3/c1-26-17-10-6-5-9-14(17)12-20-23-18(24)16-11-15(21-19(25)22-16)13-7-3-2-4-8-13/h2-12H,1H3,(H,23,24)(H,21,22,25)/b20-12+. The minimum atomic E-state index is -0.606. The number of nitrogens with zero attached hydrogens (tertiary/aromatic N) is 2. The lowest BCUT2D eigenvalue weighted by molar-refractivity contribution is 0.0949. The Bertz CT molecular complexity index is 997. The molecule has 0 radical (unpaired) electrons. The van der Waals surface area contributed by atoms with E-state index in [0.717, 1.165) is 5.56 Å². The Morgan fingerprint density at radius 1 is 1.15 bits per heavy atom. The first-order chi connectivity index (χ1) is 12.7. The number of H-pyrrole nitrogens is 1. The number of hydrogen-bond acceptors (Lipinski definition) is 5. The van der Waals surface area contributed by atoms with Crippen LogP contribution >= 0.6 is 0 Å². The van der Waals surface area contributed by atoms with E-state index in [2.05, 4.69) is 20.5 Å². The molecule has 0 unspecified atom stereocenters. The van der Waals surface area contributed by atoms with Crippen LogP contribution in [-0.4, -0.2) is 29.2 Å². The highest BCUT2D eigenvalue weighted by Crippen LogP contribution is 2.16. The number of ether oxygens (including phenoxy) is 1. The lowest BCUT2D eigenvalue weighted by Crippen LogP contribution is -2.24. The van der Waals surface area contributed by atoms with Crippen molar-refractivity contribution in [3.63, 3.8) is 0 Å². The van der Waals surface area contributed by atoms with E-state index in [1.54, 1.807) is 19.2 Å². The van der Waals surface area contributed by atoms with Crippen molar-refractivity contribution in [3.8, 4) is 17.0 Å². The summed E-state index contributed by atoms with van der Waals surface area (Å²) in [5.41, 5.74) is 3.71. The van der Waals surface area contributed by atoms with Crippen molar-refractivity contribution >= 4 is 12.1 Å². The van der Waals surface area contributed by atoms with Gasteiger partial charge in [0.05, 0.1) is 19.0 Å². The molecule has 0 aliphatic heterocycles. The smallest absolute Gasteiger partial charge is 0.346 e. The lowest BCUT2D eigenvalue weighted by atomic mass is 10.1. The number of hydrogen-bond donors (Lipinski definition) is 2. The number of aromatic nitrogens is 2. The molecule has 3 rings (SSSR count). The Balaban J connectivity index is 1.79. The average Bonchev–Trinajstić information content (AvgIpc) is 2.68. The Kier molecular flexibility index (Phi) is 5.19. The van der Waals surface area contributed by atoms with Gasteiger partial charge >= 0.3 is 5.69 Å². The zero-order chi connectivity index (χ0) is 18.4. The average molecular weight is 348 g/mol. The summed E-state index contributed by atoms with van der Waals surface area (Å²) in [6.45, 7) is 0. The van der Waals surface area contributed by atoms with E-state index in [4.69, 9.17) is 4.74 Å². The molecular weight excluding hydrogens is 332 g/mol. The number of carbonyl (C=O) groups excluding carboxylic acids is 1. The van der Waals surface area contributed by atoms with E-state index in [-0.39, 0.29) is 5.69 Å². The van der Waals surface area contributed by atoms with Gasteiger partial charge < -0.3 is 9.72 Å². The fourth-order valence-electron chi connectivity index (χ4n) is 2.33. The van der Waals surface area contributed by atoms with E-state index in [9.17, 15) is 9.59 Å². The first-order valence-electron chi connectivity index (χ1n) is 7.80. The number of rotatable bonds is 5. The van der Waals surface area contributed by atoms with Crippen molar-refractivity contribution in [2.45, 2.75) is 0 Å². The molecular formula is C19H16N4O3. The predicted octanol–water partition coefficient (Wildman–Crippen LogP) is 2.21. The van der Waals surface area contributed by atoms with Crippen molar-refractivity contribution in [1.29, 1.82) is 0 Å². The quantitative estimate of drug-likeness (QED) is 0.546. The first-order valence-corrected chi connectivity index (χ1v) is 7.80. The van der Waals surface area contributed by atoms with Crippen molar-refractivity contribution < 1.29 is 9.53 Å². The van der Waals surface area contributed by atoms with Gasteiger partial charge in [0, 0.05) is 11.1 Å². The van der Waals surface area contributed by atoms with Crippen molar-refractivity contribution in [2.75, 3.05) is 7.11 Å². The number of benzene rings is 2. The van der Waals surface area contributed by atoms with Gasteiger partial charge in [-0.2, -0.15) is 10.1 Å². The van der Waals surface area contributed by atoms with Crippen molar-refractivity contribution in [2.24, 2.45) is 5.10 Å². The maximum atomic E-state index is 12.3. The molecule has 7 nitrogen and oxygen atoms in total. The fourth-order valence-corrected chi connectivity index (χ4v) is 2.33. The normalized spacial score (nSPS) is 10.7. The van der Waals surface area contributed by atoms with E-state index in [1.807, 2.05) is 42.5 Å². The minimum absolute atomic E-state index is 0.0704. The molecule has 2 N–H and O–H groups in total. The summed E-state index contributed by atoms with van der Waals surface area (Å²) in [6.07, 6.45) is 1.47. The number of methoxy groups -OCH3 is 1. The molecule has 130 valence electrons. The molecule has 0 bridgehead atoms. The van der Waals surface area contributed by atoms with Gasteiger partial charge in [0.15, 0.2) is 0 Å². The van der Waals surface area contributed by atoms with Gasteiger partial charge in [-0.25, -0.2) is 10.2 Å². The highest BCUT2D eigenvalue weighted by Gasteiger charge is 2.10. The Hall–Kier alpha value is -3.74. The Labute approximate surface area is 149 Å². The highest BCUT2D eigenvalue weighted by atomic mass is 16.5. The van der Waals surface area contributed by atoms with Crippen LogP contribution in [0.2, 0.25) is 0 Å². The molecule has 1 amide bonds. The summed E-state index contributed by atoms with van der Waals surface area (Å²) in [4.78, 5) is 30.3.